The van der Waals surface area contributed by atoms with Gasteiger partial charge >= 0.3 is 0 Å². The first-order valence-electron chi connectivity index (χ1n) is 7.50. The van der Waals surface area contributed by atoms with E-state index in [4.69, 9.17) is 21.1 Å². The number of anilines is 1. The number of nitrogens with one attached hydrogen (secondary N) is 1. The third kappa shape index (κ3) is 5.43. The van der Waals surface area contributed by atoms with Crippen LogP contribution in [0.5, 0.6) is 5.75 Å². The third-order valence-electron chi connectivity index (χ3n) is 3.21. The summed E-state index contributed by atoms with van der Waals surface area (Å²) in [6, 6.07) is 3.79. The van der Waals surface area contributed by atoms with Crippen LogP contribution in [0, 0.1) is 13.8 Å². The molecule has 0 spiro atoms. The number of hydrogen-bond acceptors (Lipinski definition) is 6. The zero-order valence-corrected chi connectivity index (χ0v) is 15.5. The Morgan fingerprint density at radius 3 is 2.67 bits per heavy atom. The van der Waals surface area contributed by atoms with Gasteiger partial charge in [0.2, 0.25) is 11.0 Å². The van der Waals surface area contributed by atoms with Crippen molar-refractivity contribution in [2.24, 2.45) is 0 Å². The van der Waals surface area contributed by atoms with Crippen LogP contribution in [0.4, 0.5) is 5.13 Å². The Labute approximate surface area is 150 Å². The molecule has 0 radical (unpaired) electrons. The summed E-state index contributed by atoms with van der Waals surface area (Å²) >= 11 is 7.43. The Bertz CT molecular complexity index is 683. The molecule has 0 fully saturated rings. The summed E-state index contributed by atoms with van der Waals surface area (Å²) < 4.78 is 10.6. The topological polar surface area (TPSA) is 73.3 Å². The van der Waals surface area contributed by atoms with Crippen LogP contribution in [0.2, 0.25) is 5.02 Å². The lowest BCUT2D eigenvalue weighted by atomic mass is 10.1. The molecule has 0 atom stereocenters. The van der Waals surface area contributed by atoms with Crippen LogP contribution < -0.4 is 10.1 Å². The summed E-state index contributed by atoms with van der Waals surface area (Å²) in [5, 5.41) is 12.5. The molecule has 1 N–H and O–H groups in total. The first kappa shape index (κ1) is 18.6. The SMILES string of the molecule is COCc1nnc(NC(=O)CCCOc2cc(C)c(Cl)c(C)c2)s1. The molecule has 1 amide bonds. The average molecular weight is 370 g/mol. The molecule has 0 bridgehead atoms. The molecule has 0 unspecified atom stereocenters. The Kier molecular flexibility index (Phi) is 6.96. The van der Waals surface area contributed by atoms with Gasteiger partial charge in [0.25, 0.3) is 0 Å². The molecule has 1 heterocycles. The predicted molar refractivity (Wildman–Crippen MR) is 94.9 cm³/mol. The molecule has 130 valence electrons. The van der Waals surface area contributed by atoms with E-state index in [1.807, 2.05) is 26.0 Å². The molecule has 0 aliphatic rings. The van der Waals surface area contributed by atoms with Gasteiger partial charge in [-0.1, -0.05) is 22.9 Å². The number of amides is 1. The van der Waals surface area contributed by atoms with Crippen LogP contribution in [0.25, 0.3) is 0 Å². The number of aromatic nitrogens is 2. The van der Waals surface area contributed by atoms with Crippen LogP contribution >= 0.6 is 22.9 Å². The van der Waals surface area contributed by atoms with E-state index in [1.54, 1.807) is 7.11 Å². The Morgan fingerprint density at radius 1 is 1.29 bits per heavy atom. The maximum atomic E-state index is 11.9. The van der Waals surface area contributed by atoms with Crippen molar-refractivity contribution >= 4 is 34.0 Å². The minimum absolute atomic E-state index is 0.109. The molecule has 1 aromatic carbocycles. The van der Waals surface area contributed by atoms with E-state index in [0.29, 0.717) is 31.2 Å². The number of hydrogen-bond donors (Lipinski definition) is 1. The van der Waals surface area contributed by atoms with Crippen molar-refractivity contribution in [3.05, 3.63) is 33.3 Å². The number of nitrogens with zero attached hydrogens (tertiary/aromatic N) is 2. The number of methoxy groups -OCH3 is 1. The van der Waals surface area contributed by atoms with Crippen molar-refractivity contribution in [2.75, 3.05) is 19.0 Å². The molecule has 24 heavy (non-hydrogen) atoms. The first-order chi connectivity index (χ1) is 11.5. The van der Waals surface area contributed by atoms with Crippen LogP contribution in [0.15, 0.2) is 12.1 Å². The van der Waals surface area contributed by atoms with E-state index >= 15 is 0 Å². The van der Waals surface area contributed by atoms with Gasteiger partial charge in [-0.3, -0.25) is 4.79 Å². The average Bonchev–Trinajstić information content (AvgIpc) is 2.96. The van der Waals surface area contributed by atoms with Crippen LogP contribution in [0.3, 0.4) is 0 Å². The Hall–Kier alpha value is -1.70. The van der Waals surface area contributed by atoms with E-state index in [-0.39, 0.29) is 5.91 Å². The minimum Gasteiger partial charge on any atom is -0.494 e. The van der Waals surface area contributed by atoms with Gasteiger partial charge < -0.3 is 14.8 Å². The normalized spacial score (nSPS) is 10.7. The number of carbonyl (C=O) groups excluding carboxylic acids is 1. The quantitative estimate of drug-likeness (QED) is 0.717. The molecule has 0 saturated heterocycles. The fourth-order valence-corrected chi connectivity index (χ4v) is 2.92. The van der Waals surface area contributed by atoms with Crippen LogP contribution in [-0.4, -0.2) is 29.8 Å². The maximum absolute atomic E-state index is 11.9. The molecule has 8 heteroatoms. The van der Waals surface area contributed by atoms with Gasteiger partial charge in [-0.25, -0.2) is 0 Å². The molecule has 0 saturated carbocycles. The monoisotopic (exact) mass is 369 g/mol. The van der Waals surface area contributed by atoms with Crippen molar-refractivity contribution in [2.45, 2.75) is 33.3 Å². The fourth-order valence-electron chi connectivity index (χ4n) is 2.08. The number of rotatable bonds is 8. The van der Waals surface area contributed by atoms with Gasteiger partial charge in [-0.15, -0.1) is 10.2 Å². The van der Waals surface area contributed by atoms with E-state index in [2.05, 4.69) is 15.5 Å². The number of carbonyl (C=O) groups is 1. The summed E-state index contributed by atoms with van der Waals surface area (Å²) in [7, 11) is 1.59. The van der Waals surface area contributed by atoms with Gasteiger partial charge in [0, 0.05) is 18.6 Å². The van der Waals surface area contributed by atoms with Crippen LogP contribution in [-0.2, 0) is 16.1 Å². The first-order valence-corrected chi connectivity index (χ1v) is 8.69. The van der Waals surface area contributed by atoms with Crippen molar-refractivity contribution < 1.29 is 14.3 Å². The van der Waals surface area contributed by atoms with Gasteiger partial charge in [0.1, 0.15) is 17.4 Å². The summed E-state index contributed by atoms with van der Waals surface area (Å²) in [5.41, 5.74) is 1.96. The van der Waals surface area contributed by atoms with Gasteiger partial charge in [-0.05, 0) is 43.5 Å². The number of halogens is 1. The lowest BCUT2D eigenvalue weighted by Crippen LogP contribution is -2.12. The smallest absolute Gasteiger partial charge is 0.226 e. The van der Waals surface area contributed by atoms with Crippen molar-refractivity contribution in [1.29, 1.82) is 0 Å². The maximum Gasteiger partial charge on any atom is 0.226 e. The van der Waals surface area contributed by atoms with E-state index in [1.165, 1.54) is 11.3 Å². The lowest BCUT2D eigenvalue weighted by Gasteiger charge is -2.09. The van der Waals surface area contributed by atoms with E-state index < -0.39 is 0 Å². The highest BCUT2D eigenvalue weighted by Crippen LogP contribution is 2.26. The standard InChI is InChI=1S/C16H20ClN3O3S/c1-10-7-12(8-11(2)15(10)17)23-6-4-5-13(21)18-16-20-19-14(24-16)9-22-3/h7-8H,4-6,9H2,1-3H3,(H,18,20,21). The molecular weight excluding hydrogens is 350 g/mol. The van der Waals surface area contributed by atoms with Gasteiger partial charge in [0.15, 0.2) is 0 Å². The van der Waals surface area contributed by atoms with E-state index in [0.717, 1.165) is 26.9 Å². The Morgan fingerprint density at radius 2 is 2.00 bits per heavy atom. The Balaban J connectivity index is 1.72. The van der Waals surface area contributed by atoms with Crippen molar-refractivity contribution in [3.63, 3.8) is 0 Å². The lowest BCUT2D eigenvalue weighted by molar-refractivity contribution is -0.116. The molecule has 6 nitrogen and oxygen atoms in total. The molecule has 0 aliphatic heterocycles. The minimum atomic E-state index is -0.109. The van der Waals surface area contributed by atoms with Crippen molar-refractivity contribution in [1.82, 2.24) is 10.2 Å². The molecular formula is C16H20ClN3O3S. The number of aryl methyl sites for hydroxylation is 2. The van der Waals surface area contributed by atoms with Crippen LogP contribution in [0.1, 0.15) is 29.0 Å². The third-order valence-corrected chi connectivity index (χ3v) is 4.62. The summed E-state index contributed by atoms with van der Waals surface area (Å²) in [6.07, 6.45) is 0.959. The highest BCUT2D eigenvalue weighted by molar-refractivity contribution is 7.15. The largest absolute Gasteiger partial charge is 0.494 e. The molecule has 1 aromatic heterocycles. The summed E-state index contributed by atoms with van der Waals surface area (Å²) in [4.78, 5) is 11.9. The summed E-state index contributed by atoms with van der Waals surface area (Å²) in [6.45, 7) is 4.73. The predicted octanol–water partition coefficient (Wildman–Crippen LogP) is 3.75. The van der Waals surface area contributed by atoms with Gasteiger partial charge in [0.05, 0.1) is 6.61 Å². The molecule has 0 aliphatic carbocycles. The second-order valence-corrected chi connectivity index (χ2v) is 6.75. The highest BCUT2D eigenvalue weighted by Gasteiger charge is 2.08. The zero-order chi connectivity index (χ0) is 17.5. The summed E-state index contributed by atoms with van der Waals surface area (Å²) in [5.74, 6) is 0.658. The number of benzene rings is 1. The van der Waals surface area contributed by atoms with Crippen molar-refractivity contribution in [3.8, 4) is 5.75 Å². The highest BCUT2D eigenvalue weighted by atomic mass is 35.5. The fraction of sp³-hybridized carbons (Fsp3) is 0.438. The molecule has 2 aromatic rings. The second kappa shape index (κ2) is 8.96. The van der Waals surface area contributed by atoms with E-state index in [9.17, 15) is 4.79 Å². The van der Waals surface area contributed by atoms with Gasteiger partial charge in [-0.2, -0.15) is 0 Å². The zero-order valence-electron chi connectivity index (χ0n) is 13.9. The molecule has 2 rings (SSSR count). The second-order valence-electron chi connectivity index (χ2n) is 5.31. The number of ether oxygens (including phenoxy) is 2.